The van der Waals surface area contributed by atoms with Crippen LogP contribution in [-0.4, -0.2) is 19.8 Å². The van der Waals surface area contributed by atoms with Gasteiger partial charge in [-0.2, -0.15) is 0 Å². The van der Waals surface area contributed by atoms with Crippen molar-refractivity contribution in [3.8, 4) is 11.5 Å². The lowest BCUT2D eigenvalue weighted by molar-refractivity contribution is 0.350. The van der Waals surface area contributed by atoms with Crippen LogP contribution in [0, 0.1) is 0 Å². The highest BCUT2D eigenvalue weighted by Gasteiger charge is 2.28. The van der Waals surface area contributed by atoms with E-state index in [1.807, 2.05) is 12.1 Å². The van der Waals surface area contributed by atoms with Gasteiger partial charge in [-0.1, -0.05) is 30.5 Å². The highest BCUT2D eigenvalue weighted by Crippen LogP contribution is 2.38. The van der Waals surface area contributed by atoms with Crippen LogP contribution in [0.3, 0.4) is 0 Å². The van der Waals surface area contributed by atoms with Crippen molar-refractivity contribution < 1.29 is 9.47 Å². The molecule has 0 unspecified atom stereocenters. The Morgan fingerprint density at radius 2 is 1.89 bits per heavy atom. The van der Waals surface area contributed by atoms with E-state index in [-0.39, 0.29) is 5.54 Å². The Labute approximate surface area is 120 Å². The predicted octanol–water partition coefficient (Wildman–Crippen LogP) is 3.78. The van der Waals surface area contributed by atoms with Crippen LogP contribution < -0.4 is 14.8 Å². The van der Waals surface area contributed by atoms with Crippen LogP contribution in [0.5, 0.6) is 11.5 Å². The molecule has 1 aliphatic rings. The van der Waals surface area contributed by atoms with Crippen LogP contribution >= 0.6 is 11.6 Å². The molecular formula is C15H22ClNO2. The summed E-state index contributed by atoms with van der Waals surface area (Å²) in [6.07, 6.45) is 5.09. The molecule has 0 bridgehead atoms. The third-order valence-electron chi connectivity index (χ3n) is 3.98. The summed E-state index contributed by atoms with van der Waals surface area (Å²) in [7, 11) is 3.23. The average molecular weight is 284 g/mol. The quantitative estimate of drug-likeness (QED) is 0.892. The maximum atomic E-state index is 6.38. The molecule has 1 aromatic rings. The van der Waals surface area contributed by atoms with Crippen LogP contribution in [0.25, 0.3) is 0 Å². The molecule has 0 aliphatic heterocycles. The molecule has 1 fully saturated rings. The lowest BCUT2D eigenvalue weighted by atomic mass is 10.0. The van der Waals surface area contributed by atoms with Crippen LogP contribution in [0.1, 0.15) is 38.2 Å². The van der Waals surface area contributed by atoms with Gasteiger partial charge < -0.3 is 14.8 Å². The van der Waals surface area contributed by atoms with E-state index in [1.165, 1.54) is 25.7 Å². The first-order valence-corrected chi connectivity index (χ1v) is 7.12. The number of hydrogen-bond acceptors (Lipinski definition) is 3. The smallest absolute Gasteiger partial charge is 0.179 e. The second-order valence-electron chi connectivity index (χ2n) is 5.40. The first-order chi connectivity index (χ1) is 9.09. The van der Waals surface area contributed by atoms with Crippen molar-refractivity contribution in [2.24, 2.45) is 0 Å². The van der Waals surface area contributed by atoms with Gasteiger partial charge in [0.1, 0.15) is 0 Å². The number of halogens is 1. The molecule has 19 heavy (non-hydrogen) atoms. The van der Waals surface area contributed by atoms with Gasteiger partial charge in [0, 0.05) is 12.1 Å². The summed E-state index contributed by atoms with van der Waals surface area (Å²) < 4.78 is 10.6. The maximum Gasteiger partial charge on any atom is 0.179 e. The minimum absolute atomic E-state index is 0.247. The topological polar surface area (TPSA) is 30.5 Å². The zero-order valence-electron chi connectivity index (χ0n) is 11.9. The third-order valence-corrected chi connectivity index (χ3v) is 4.39. The zero-order valence-corrected chi connectivity index (χ0v) is 12.6. The number of hydrogen-bond donors (Lipinski definition) is 1. The molecule has 0 radical (unpaired) electrons. The largest absolute Gasteiger partial charge is 0.493 e. The van der Waals surface area contributed by atoms with Crippen molar-refractivity contribution in [1.29, 1.82) is 0 Å². The standard InChI is InChI=1S/C15H22ClNO2/c1-15(8-4-5-9-15)17-10-11-6-7-12(18-2)14(19-3)13(11)16/h6-7,17H,4-5,8-10H2,1-3H3. The van der Waals surface area contributed by atoms with E-state index in [0.29, 0.717) is 16.5 Å². The van der Waals surface area contributed by atoms with Gasteiger partial charge in [-0.3, -0.25) is 0 Å². The van der Waals surface area contributed by atoms with Crippen LogP contribution in [-0.2, 0) is 6.54 Å². The van der Waals surface area contributed by atoms with Gasteiger partial charge >= 0.3 is 0 Å². The van der Waals surface area contributed by atoms with E-state index in [0.717, 1.165) is 12.1 Å². The fourth-order valence-electron chi connectivity index (χ4n) is 2.71. The van der Waals surface area contributed by atoms with E-state index < -0.39 is 0 Å². The second-order valence-corrected chi connectivity index (χ2v) is 5.77. The van der Waals surface area contributed by atoms with Gasteiger partial charge in [-0.05, 0) is 31.4 Å². The fourth-order valence-corrected chi connectivity index (χ4v) is 3.01. The summed E-state index contributed by atoms with van der Waals surface area (Å²) >= 11 is 6.38. The van der Waals surface area contributed by atoms with Gasteiger partial charge in [0.05, 0.1) is 19.2 Å². The Morgan fingerprint density at radius 3 is 2.47 bits per heavy atom. The summed E-state index contributed by atoms with van der Waals surface area (Å²) in [4.78, 5) is 0. The monoisotopic (exact) mass is 283 g/mol. The molecule has 0 saturated heterocycles. The van der Waals surface area contributed by atoms with Crippen LogP contribution in [0.4, 0.5) is 0 Å². The fraction of sp³-hybridized carbons (Fsp3) is 0.600. The summed E-state index contributed by atoms with van der Waals surface area (Å²) in [5, 5.41) is 4.26. The molecule has 4 heteroatoms. The molecule has 2 rings (SSSR count). The third kappa shape index (κ3) is 3.15. The van der Waals surface area contributed by atoms with Crippen molar-refractivity contribution >= 4 is 11.6 Å². The Bertz CT molecular complexity index is 442. The van der Waals surface area contributed by atoms with Gasteiger partial charge in [-0.15, -0.1) is 0 Å². The Hall–Kier alpha value is -0.930. The number of ether oxygens (including phenoxy) is 2. The molecule has 0 amide bonds. The number of methoxy groups -OCH3 is 2. The Balaban J connectivity index is 2.12. The molecule has 1 saturated carbocycles. The number of nitrogens with one attached hydrogen (secondary N) is 1. The lowest BCUT2D eigenvalue weighted by Gasteiger charge is -2.26. The number of benzene rings is 1. The molecule has 0 atom stereocenters. The lowest BCUT2D eigenvalue weighted by Crippen LogP contribution is -2.38. The summed E-state index contributed by atoms with van der Waals surface area (Å²) in [6, 6.07) is 3.90. The minimum atomic E-state index is 0.247. The summed E-state index contributed by atoms with van der Waals surface area (Å²) in [5.74, 6) is 1.28. The van der Waals surface area contributed by atoms with Crippen molar-refractivity contribution in [2.45, 2.75) is 44.7 Å². The molecule has 1 N–H and O–H groups in total. The Morgan fingerprint density at radius 1 is 1.21 bits per heavy atom. The molecule has 3 nitrogen and oxygen atoms in total. The molecule has 0 spiro atoms. The molecular weight excluding hydrogens is 262 g/mol. The van der Waals surface area contributed by atoms with Crippen molar-refractivity contribution in [1.82, 2.24) is 5.32 Å². The SMILES string of the molecule is COc1ccc(CNC2(C)CCCC2)c(Cl)c1OC. The maximum absolute atomic E-state index is 6.38. The van der Waals surface area contributed by atoms with Gasteiger partial charge in [-0.25, -0.2) is 0 Å². The van der Waals surface area contributed by atoms with Crippen LogP contribution in [0.2, 0.25) is 5.02 Å². The van der Waals surface area contributed by atoms with Crippen molar-refractivity contribution in [3.05, 3.63) is 22.7 Å². The number of rotatable bonds is 5. The highest BCUT2D eigenvalue weighted by molar-refractivity contribution is 6.33. The predicted molar refractivity (Wildman–Crippen MR) is 78.3 cm³/mol. The Kier molecular flexibility index (Phi) is 4.58. The van der Waals surface area contributed by atoms with Gasteiger partial charge in [0.15, 0.2) is 11.5 Å². The highest BCUT2D eigenvalue weighted by atomic mass is 35.5. The molecule has 0 aromatic heterocycles. The van der Waals surface area contributed by atoms with Crippen molar-refractivity contribution in [3.63, 3.8) is 0 Å². The zero-order chi connectivity index (χ0) is 13.9. The average Bonchev–Trinajstić information content (AvgIpc) is 2.84. The van der Waals surface area contributed by atoms with Crippen molar-refractivity contribution in [2.75, 3.05) is 14.2 Å². The summed E-state index contributed by atoms with van der Waals surface area (Å²) in [5.41, 5.74) is 1.30. The van der Waals surface area contributed by atoms with Crippen LogP contribution in [0.15, 0.2) is 12.1 Å². The first-order valence-electron chi connectivity index (χ1n) is 6.74. The second kappa shape index (κ2) is 6.02. The molecule has 106 valence electrons. The normalized spacial score (nSPS) is 17.5. The van der Waals surface area contributed by atoms with E-state index in [9.17, 15) is 0 Å². The van der Waals surface area contributed by atoms with E-state index in [1.54, 1.807) is 14.2 Å². The van der Waals surface area contributed by atoms with E-state index in [2.05, 4.69) is 12.2 Å². The van der Waals surface area contributed by atoms with E-state index in [4.69, 9.17) is 21.1 Å². The van der Waals surface area contributed by atoms with E-state index >= 15 is 0 Å². The molecule has 1 aliphatic carbocycles. The summed E-state index contributed by atoms with van der Waals surface area (Å²) in [6.45, 7) is 3.05. The molecule has 0 heterocycles. The minimum Gasteiger partial charge on any atom is -0.493 e. The van der Waals surface area contributed by atoms with Gasteiger partial charge in [0.2, 0.25) is 0 Å². The first kappa shape index (κ1) is 14.5. The molecule has 1 aromatic carbocycles. The van der Waals surface area contributed by atoms with Gasteiger partial charge in [0.25, 0.3) is 0 Å².